The fourth-order valence-electron chi connectivity index (χ4n) is 5.66. The van der Waals surface area contributed by atoms with Crippen LogP contribution in [0.25, 0.3) is 66.1 Å². The SMILES string of the molecule is c1ccc(-c2cccc3c2oc2ccccc23)c(-c2ccc3c(c2)-c2cccc4cccc(c24)S3)c1. The van der Waals surface area contributed by atoms with Gasteiger partial charge in [-0.25, -0.2) is 0 Å². The number of hydrogen-bond acceptors (Lipinski definition) is 2. The zero-order chi connectivity index (χ0) is 23.6. The summed E-state index contributed by atoms with van der Waals surface area (Å²) in [7, 11) is 0. The van der Waals surface area contributed by atoms with E-state index in [-0.39, 0.29) is 0 Å². The zero-order valence-electron chi connectivity index (χ0n) is 19.4. The van der Waals surface area contributed by atoms with Gasteiger partial charge in [0, 0.05) is 31.5 Å². The second-order valence-corrected chi connectivity index (χ2v) is 10.4. The lowest BCUT2D eigenvalue weighted by molar-refractivity contribution is 0.670. The van der Waals surface area contributed by atoms with Crippen molar-refractivity contribution in [2.45, 2.75) is 9.79 Å². The second kappa shape index (κ2) is 7.61. The van der Waals surface area contributed by atoms with Crippen molar-refractivity contribution in [2.24, 2.45) is 0 Å². The van der Waals surface area contributed by atoms with E-state index >= 15 is 0 Å². The average molecular weight is 477 g/mol. The van der Waals surface area contributed by atoms with Crippen LogP contribution in [0.15, 0.2) is 136 Å². The standard InChI is InChI=1S/C34H20OS/c1-2-11-24(27-14-7-15-28-25-12-3-4-16-30(25)35-34(27)28)23(10-1)22-18-19-31-29(20-22)26-13-5-8-21-9-6-17-32(36-31)33(21)26/h1-20H. The lowest BCUT2D eigenvalue weighted by atomic mass is 9.90. The molecule has 1 nitrogen and oxygen atoms in total. The molecule has 0 aliphatic carbocycles. The number of para-hydroxylation sites is 2. The molecule has 1 aliphatic heterocycles. The maximum Gasteiger partial charge on any atom is 0.143 e. The van der Waals surface area contributed by atoms with Gasteiger partial charge in [0.1, 0.15) is 11.2 Å². The van der Waals surface area contributed by atoms with Crippen LogP contribution in [0, 0.1) is 0 Å². The van der Waals surface area contributed by atoms with Gasteiger partial charge in [-0.1, -0.05) is 109 Å². The van der Waals surface area contributed by atoms with E-state index in [4.69, 9.17) is 4.42 Å². The van der Waals surface area contributed by atoms with Crippen LogP contribution < -0.4 is 0 Å². The maximum atomic E-state index is 6.39. The molecular formula is C34H20OS. The van der Waals surface area contributed by atoms with Crippen molar-refractivity contribution in [1.82, 2.24) is 0 Å². The molecule has 1 aliphatic rings. The molecule has 2 heterocycles. The van der Waals surface area contributed by atoms with Crippen molar-refractivity contribution in [3.8, 4) is 33.4 Å². The van der Waals surface area contributed by atoms with Gasteiger partial charge < -0.3 is 4.42 Å². The quantitative estimate of drug-likeness (QED) is 0.246. The van der Waals surface area contributed by atoms with Crippen molar-refractivity contribution in [2.75, 3.05) is 0 Å². The summed E-state index contributed by atoms with van der Waals surface area (Å²) in [4.78, 5) is 2.64. The van der Waals surface area contributed by atoms with Crippen LogP contribution in [0.1, 0.15) is 0 Å². The number of furan rings is 1. The van der Waals surface area contributed by atoms with Crippen LogP contribution in [0.2, 0.25) is 0 Å². The van der Waals surface area contributed by atoms with E-state index in [1.165, 1.54) is 48.4 Å². The Morgan fingerprint density at radius 2 is 1.19 bits per heavy atom. The van der Waals surface area contributed by atoms with Gasteiger partial charge in [0.25, 0.3) is 0 Å². The van der Waals surface area contributed by atoms with Gasteiger partial charge in [-0.05, 0) is 57.5 Å². The van der Waals surface area contributed by atoms with Gasteiger partial charge in [0.05, 0.1) is 0 Å². The van der Waals surface area contributed by atoms with Gasteiger partial charge in [0.2, 0.25) is 0 Å². The van der Waals surface area contributed by atoms with Gasteiger partial charge in [-0.15, -0.1) is 0 Å². The third-order valence-corrected chi connectivity index (χ3v) is 8.42. The van der Waals surface area contributed by atoms with E-state index in [9.17, 15) is 0 Å². The molecule has 6 aromatic carbocycles. The Labute approximate surface area is 213 Å². The van der Waals surface area contributed by atoms with Crippen LogP contribution in [0.5, 0.6) is 0 Å². The lowest BCUT2D eigenvalue weighted by Gasteiger charge is -2.21. The highest BCUT2D eigenvalue weighted by atomic mass is 32.2. The Morgan fingerprint density at radius 1 is 0.472 bits per heavy atom. The summed E-state index contributed by atoms with van der Waals surface area (Å²) in [6.07, 6.45) is 0. The van der Waals surface area contributed by atoms with Crippen molar-refractivity contribution < 1.29 is 4.42 Å². The third kappa shape index (κ3) is 2.85. The van der Waals surface area contributed by atoms with Crippen molar-refractivity contribution in [3.63, 3.8) is 0 Å². The fraction of sp³-hybridized carbons (Fsp3) is 0. The van der Waals surface area contributed by atoms with E-state index < -0.39 is 0 Å². The van der Waals surface area contributed by atoms with E-state index in [0.29, 0.717) is 0 Å². The topological polar surface area (TPSA) is 13.1 Å². The summed E-state index contributed by atoms with van der Waals surface area (Å²) in [6, 6.07) is 43.6. The molecule has 0 saturated heterocycles. The minimum Gasteiger partial charge on any atom is -0.455 e. The van der Waals surface area contributed by atoms with Crippen LogP contribution in [0.3, 0.4) is 0 Å². The molecule has 0 N–H and O–H groups in total. The summed E-state index contributed by atoms with van der Waals surface area (Å²) in [5.74, 6) is 0. The highest BCUT2D eigenvalue weighted by molar-refractivity contribution is 7.99. The summed E-state index contributed by atoms with van der Waals surface area (Å²) in [5, 5.41) is 4.97. The van der Waals surface area contributed by atoms with Crippen molar-refractivity contribution >= 4 is 44.5 Å². The Hall–Kier alpha value is -4.27. The third-order valence-electron chi connectivity index (χ3n) is 7.29. The Kier molecular flexibility index (Phi) is 4.22. The van der Waals surface area contributed by atoms with E-state index in [1.54, 1.807) is 0 Å². The minimum absolute atomic E-state index is 0.926. The molecule has 0 atom stereocenters. The monoisotopic (exact) mass is 476 g/mol. The smallest absolute Gasteiger partial charge is 0.143 e. The normalized spacial score (nSPS) is 12.3. The van der Waals surface area contributed by atoms with Gasteiger partial charge >= 0.3 is 0 Å². The molecule has 0 spiro atoms. The minimum atomic E-state index is 0.926. The van der Waals surface area contributed by atoms with Crippen LogP contribution in [-0.4, -0.2) is 0 Å². The number of hydrogen-bond donors (Lipinski definition) is 0. The highest BCUT2D eigenvalue weighted by Gasteiger charge is 2.21. The average Bonchev–Trinajstić information content (AvgIpc) is 3.32. The Bertz CT molecular complexity index is 1970. The predicted molar refractivity (Wildman–Crippen MR) is 152 cm³/mol. The first kappa shape index (κ1) is 20.0. The molecule has 0 unspecified atom stereocenters. The summed E-state index contributed by atoms with van der Waals surface area (Å²) in [6.45, 7) is 0. The summed E-state index contributed by atoms with van der Waals surface area (Å²) < 4.78 is 6.39. The number of benzene rings is 6. The van der Waals surface area contributed by atoms with Gasteiger partial charge in [-0.2, -0.15) is 0 Å². The summed E-state index contributed by atoms with van der Waals surface area (Å²) in [5.41, 5.74) is 9.23. The molecule has 0 amide bonds. The largest absolute Gasteiger partial charge is 0.455 e. The number of rotatable bonds is 2. The molecule has 168 valence electrons. The molecule has 2 heteroatoms. The second-order valence-electron chi connectivity index (χ2n) is 9.30. The first-order valence-electron chi connectivity index (χ1n) is 12.2. The van der Waals surface area contributed by atoms with Crippen LogP contribution >= 0.6 is 11.8 Å². The van der Waals surface area contributed by atoms with Crippen LogP contribution in [-0.2, 0) is 0 Å². The van der Waals surface area contributed by atoms with Gasteiger partial charge in [-0.3, -0.25) is 0 Å². The molecule has 0 saturated carbocycles. The number of fused-ring (bicyclic) bond motifs is 5. The molecule has 36 heavy (non-hydrogen) atoms. The molecular weight excluding hydrogens is 456 g/mol. The van der Waals surface area contributed by atoms with Gasteiger partial charge in [0.15, 0.2) is 0 Å². The lowest BCUT2D eigenvalue weighted by Crippen LogP contribution is -1.94. The Balaban J connectivity index is 1.35. The van der Waals surface area contributed by atoms with E-state index in [2.05, 4.69) is 109 Å². The molecule has 0 radical (unpaired) electrons. The summed E-state index contributed by atoms with van der Waals surface area (Å²) >= 11 is 1.87. The first-order valence-corrected chi connectivity index (χ1v) is 13.0. The first-order chi connectivity index (χ1) is 17.8. The van der Waals surface area contributed by atoms with Crippen molar-refractivity contribution in [1.29, 1.82) is 0 Å². The van der Waals surface area contributed by atoms with Crippen LogP contribution in [0.4, 0.5) is 0 Å². The van der Waals surface area contributed by atoms with E-state index in [0.717, 1.165) is 27.5 Å². The molecule has 7 aromatic rings. The molecule has 0 fully saturated rings. The van der Waals surface area contributed by atoms with E-state index in [1.807, 2.05) is 23.9 Å². The predicted octanol–water partition coefficient (Wildman–Crippen LogP) is 10.2. The Morgan fingerprint density at radius 3 is 2.14 bits per heavy atom. The fourth-order valence-corrected chi connectivity index (χ4v) is 6.79. The maximum absolute atomic E-state index is 6.39. The zero-order valence-corrected chi connectivity index (χ0v) is 20.2. The molecule has 8 rings (SSSR count). The highest BCUT2D eigenvalue weighted by Crippen LogP contribution is 2.49. The molecule has 0 bridgehead atoms. The van der Waals surface area contributed by atoms with Crippen molar-refractivity contribution in [3.05, 3.63) is 121 Å². The molecule has 1 aromatic heterocycles.